The topological polar surface area (TPSA) is 26.3 Å². The Bertz CT molecular complexity index is 563. The average Bonchev–Trinajstić information content (AvgIpc) is 2.97. The minimum absolute atomic E-state index is 0.202. The van der Waals surface area contributed by atoms with Gasteiger partial charge in [0.25, 0.3) is 0 Å². The second kappa shape index (κ2) is 5.80. The molecule has 1 aromatic heterocycles. The van der Waals surface area contributed by atoms with Crippen molar-refractivity contribution in [3.63, 3.8) is 0 Å². The molecule has 2 aromatic rings. The summed E-state index contributed by atoms with van der Waals surface area (Å²) in [6, 6.07) is 9.97. The Morgan fingerprint density at radius 1 is 1.32 bits per heavy atom. The van der Waals surface area contributed by atoms with Gasteiger partial charge in [-0.25, -0.2) is 0 Å². The molecule has 0 amide bonds. The smallest absolute Gasteiger partial charge is 0.174 e. The first-order valence-corrected chi connectivity index (χ1v) is 8.18. The summed E-state index contributed by atoms with van der Waals surface area (Å²) < 4.78 is 5.80. The van der Waals surface area contributed by atoms with E-state index in [9.17, 15) is 4.79 Å². The number of aryl methyl sites for hydroxylation is 1. The van der Waals surface area contributed by atoms with Crippen LogP contribution < -0.4 is 4.74 Å². The zero-order chi connectivity index (χ0) is 13.1. The molecular weight excluding hydrogens is 276 g/mol. The minimum atomic E-state index is -0.293. The van der Waals surface area contributed by atoms with Gasteiger partial charge in [-0.05, 0) is 40.9 Å². The van der Waals surface area contributed by atoms with Crippen LogP contribution in [0.4, 0.5) is 0 Å². The first kappa shape index (κ1) is 12.8. The number of ether oxygens (including phenoxy) is 1. The lowest BCUT2D eigenvalue weighted by Crippen LogP contribution is -2.32. The van der Waals surface area contributed by atoms with Crippen molar-refractivity contribution in [2.24, 2.45) is 0 Å². The number of hydrogen-bond acceptors (Lipinski definition) is 4. The molecule has 0 radical (unpaired) electrons. The van der Waals surface area contributed by atoms with Gasteiger partial charge in [-0.15, -0.1) is 11.8 Å². The zero-order valence-electron chi connectivity index (χ0n) is 10.4. The molecule has 0 bridgehead atoms. The lowest BCUT2D eigenvalue weighted by molar-refractivity contribution is -0.125. The van der Waals surface area contributed by atoms with E-state index in [0.717, 1.165) is 22.8 Å². The highest BCUT2D eigenvalue weighted by atomic mass is 32.2. The molecule has 1 aliphatic rings. The van der Waals surface area contributed by atoms with Crippen LogP contribution in [0.2, 0.25) is 0 Å². The van der Waals surface area contributed by atoms with Crippen molar-refractivity contribution < 1.29 is 9.53 Å². The van der Waals surface area contributed by atoms with Gasteiger partial charge in [-0.2, -0.15) is 11.3 Å². The molecule has 0 N–H and O–H groups in total. The van der Waals surface area contributed by atoms with Gasteiger partial charge in [0.2, 0.25) is 0 Å². The fourth-order valence-electron chi connectivity index (χ4n) is 2.04. The monoisotopic (exact) mass is 290 g/mol. The van der Waals surface area contributed by atoms with Crippen molar-refractivity contribution in [2.45, 2.75) is 23.8 Å². The Morgan fingerprint density at radius 2 is 2.21 bits per heavy atom. The summed E-state index contributed by atoms with van der Waals surface area (Å²) in [4.78, 5) is 13.3. The molecule has 0 saturated carbocycles. The van der Waals surface area contributed by atoms with Gasteiger partial charge in [0.05, 0.1) is 0 Å². The number of fused-ring (bicyclic) bond motifs is 1. The van der Waals surface area contributed by atoms with Crippen LogP contribution >= 0.6 is 23.1 Å². The molecule has 0 saturated heterocycles. The molecule has 0 aliphatic carbocycles. The van der Waals surface area contributed by atoms with Crippen LogP contribution in [-0.4, -0.2) is 17.6 Å². The van der Waals surface area contributed by atoms with Gasteiger partial charge in [0, 0.05) is 17.1 Å². The SMILES string of the molecule is O=C(CCc1ccsc1)C1CSc2ccccc2O1. The number of rotatable bonds is 4. The fraction of sp³-hybridized carbons (Fsp3) is 0.267. The molecule has 1 aromatic carbocycles. The van der Waals surface area contributed by atoms with Gasteiger partial charge in [-0.1, -0.05) is 12.1 Å². The van der Waals surface area contributed by atoms with Crippen LogP contribution in [0.3, 0.4) is 0 Å². The highest BCUT2D eigenvalue weighted by molar-refractivity contribution is 7.99. The third kappa shape index (κ3) is 3.01. The van der Waals surface area contributed by atoms with E-state index in [1.165, 1.54) is 5.56 Å². The number of thiophene rings is 1. The summed E-state index contributed by atoms with van der Waals surface area (Å²) >= 11 is 3.38. The molecular formula is C15H14O2S2. The highest BCUT2D eigenvalue weighted by Crippen LogP contribution is 2.35. The maximum Gasteiger partial charge on any atom is 0.174 e. The number of benzene rings is 1. The fourth-order valence-corrected chi connectivity index (χ4v) is 3.76. The van der Waals surface area contributed by atoms with Crippen molar-refractivity contribution >= 4 is 28.9 Å². The number of thioether (sulfide) groups is 1. The van der Waals surface area contributed by atoms with Crippen LogP contribution in [0.25, 0.3) is 0 Å². The summed E-state index contributed by atoms with van der Waals surface area (Å²) in [5.74, 6) is 1.76. The standard InChI is InChI=1S/C15H14O2S2/c16-12(6-5-11-7-8-18-9-11)14-10-19-15-4-2-1-3-13(15)17-14/h1-4,7-9,14H,5-6,10H2. The summed E-state index contributed by atoms with van der Waals surface area (Å²) in [5.41, 5.74) is 1.24. The molecule has 0 spiro atoms. The number of carbonyl (C=O) groups excluding carboxylic acids is 1. The zero-order valence-corrected chi connectivity index (χ0v) is 12.0. The van der Waals surface area contributed by atoms with Crippen molar-refractivity contribution in [1.29, 1.82) is 0 Å². The van der Waals surface area contributed by atoms with Gasteiger partial charge in [0.1, 0.15) is 5.75 Å². The number of Topliss-reactive ketones (excluding diaryl/α,β-unsaturated/α-hetero) is 1. The molecule has 3 rings (SSSR count). The number of ketones is 1. The van der Waals surface area contributed by atoms with Gasteiger partial charge in [-0.3, -0.25) is 4.79 Å². The minimum Gasteiger partial charge on any atom is -0.481 e. The van der Waals surface area contributed by atoms with Crippen LogP contribution in [0, 0.1) is 0 Å². The average molecular weight is 290 g/mol. The molecule has 2 nitrogen and oxygen atoms in total. The molecule has 4 heteroatoms. The summed E-state index contributed by atoms with van der Waals surface area (Å²) in [6.45, 7) is 0. The number of carbonyl (C=O) groups is 1. The van der Waals surface area contributed by atoms with Crippen molar-refractivity contribution in [2.75, 3.05) is 5.75 Å². The van der Waals surface area contributed by atoms with E-state index in [1.807, 2.05) is 29.6 Å². The summed E-state index contributed by atoms with van der Waals surface area (Å²) in [7, 11) is 0. The summed E-state index contributed by atoms with van der Waals surface area (Å²) in [5, 5.41) is 4.14. The van der Waals surface area contributed by atoms with Gasteiger partial charge >= 0.3 is 0 Å². The second-order valence-corrected chi connectivity index (χ2v) is 6.30. The first-order chi connectivity index (χ1) is 9.33. The maximum absolute atomic E-state index is 12.2. The molecule has 1 atom stereocenters. The largest absolute Gasteiger partial charge is 0.481 e. The predicted octanol–water partition coefficient (Wildman–Crippen LogP) is 3.80. The van der Waals surface area contributed by atoms with E-state index in [1.54, 1.807) is 23.1 Å². The van der Waals surface area contributed by atoms with Crippen molar-refractivity contribution in [1.82, 2.24) is 0 Å². The lowest BCUT2D eigenvalue weighted by atomic mass is 10.1. The highest BCUT2D eigenvalue weighted by Gasteiger charge is 2.25. The van der Waals surface area contributed by atoms with E-state index >= 15 is 0 Å². The van der Waals surface area contributed by atoms with Crippen LogP contribution in [-0.2, 0) is 11.2 Å². The van der Waals surface area contributed by atoms with Crippen LogP contribution in [0.15, 0.2) is 46.0 Å². The van der Waals surface area contributed by atoms with Crippen LogP contribution in [0.1, 0.15) is 12.0 Å². The number of hydrogen-bond donors (Lipinski definition) is 0. The van der Waals surface area contributed by atoms with E-state index in [0.29, 0.717) is 6.42 Å². The molecule has 19 heavy (non-hydrogen) atoms. The Kier molecular flexibility index (Phi) is 3.89. The summed E-state index contributed by atoms with van der Waals surface area (Å²) in [6.07, 6.45) is 1.08. The third-order valence-electron chi connectivity index (χ3n) is 3.11. The Balaban J connectivity index is 1.60. The molecule has 1 aliphatic heterocycles. The van der Waals surface area contributed by atoms with Crippen molar-refractivity contribution in [3.8, 4) is 5.75 Å². The molecule has 2 heterocycles. The Hall–Kier alpha value is -1.26. The normalized spacial score (nSPS) is 17.6. The van der Waals surface area contributed by atoms with Gasteiger partial charge in [0.15, 0.2) is 11.9 Å². The van der Waals surface area contributed by atoms with Crippen LogP contribution in [0.5, 0.6) is 5.75 Å². The molecule has 98 valence electrons. The first-order valence-electron chi connectivity index (χ1n) is 6.25. The van der Waals surface area contributed by atoms with Gasteiger partial charge < -0.3 is 4.74 Å². The Labute approximate surface area is 120 Å². The predicted molar refractivity (Wildman–Crippen MR) is 79.2 cm³/mol. The van der Waals surface area contributed by atoms with E-state index in [2.05, 4.69) is 11.4 Å². The molecule has 1 unspecified atom stereocenters. The second-order valence-electron chi connectivity index (χ2n) is 4.46. The quantitative estimate of drug-likeness (QED) is 0.856. The third-order valence-corrected chi connectivity index (χ3v) is 4.96. The Morgan fingerprint density at radius 3 is 3.05 bits per heavy atom. The number of para-hydroxylation sites is 1. The van der Waals surface area contributed by atoms with E-state index < -0.39 is 0 Å². The van der Waals surface area contributed by atoms with E-state index in [4.69, 9.17) is 4.74 Å². The lowest BCUT2D eigenvalue weighted by Gasteiger charge is -2.24. The molecule has 0 fully saturated rings. The maximum atomic E-state index is 12.2. The van der Waals surface area contributed by atoms with E-state index in [-0.39, 0.29) is 11.9 Å². The van der Waals surface area contributed by atoms with Crippen molar-refractivity contribution in [3.05, 3.63) is 46.7 Å².